The van der Waals surface area contributed by atoms with Crippen molar-refractivity contribution in [1.29, 1.82) is 0 Å². The van der Waals surface area contributed by atoms with Crippen molar-refractivity contribution in [1.82, 2.24) is 4.98 Å². The zero-order valence-electron chi connectivity index (χ0n) is 10.4. The van der Waals surface area contributed by atoms with Gasteiger partial charge in [0.25, 0.3) is 0 Å². The summed E-state index contributed by atoms with van der Waals surface area (Å²) in [5.41, 5.74) is 5.50. The van der Waals surface area contributed by atoms with Crippen molar-refractivity contribution < 1.29 is 14.7 Å². The van der Waals surface area contributed by atoms with Crippen molar-refractivity contribution in [3.63, 3.8) is 0 Å². The van der Waals surface area contributed by atoms with Crippen LogP contribution < -0.4 is 11.2 Å². The predicted octanol–water partition coefficient (Wildman–Crippen LogP) is 1.11. The monoisotopic (exact) mass is 272 g/mol. The fourth-order valence-electron chi connectivity index (χ4n) is 1.81. The Morgan fingerprint density at radius 3 is 2.75 bits per heavy atom. The number of primary amides is 1. The van der Waals surface area contributed by atoms with E-state index in [4.69, 9.17) is 10.8 Å². The van der Waals surface area contributed by atoms with Gasteiger partial charge in [0.15, 0.2) is 0 Å². The molecule has 2 aromatic rings. The van der Waals surface area contributed by atoms with Gasteiger partial charge >= 0.3 is 5.97 Å². The minimum absolute atomic E-state index is 0.131. The van der Waals surface area contributed by atoms with Crippen molar-refractivity contribution in [3.05, 3.63) is 51.8 Å². The van der Waals surface area contributed by atoms with Gasteiger partial charge in [-0.1, -0.05) is 18.2 Å². The number of carbonyl (C=O) groups excluding carboxylic acids is 1. The first kappa shape index (κ1) is 13.5. The number of H-pyrrole nitrogens is 1. The van der Waals surface area contributed by atoms with Crippen LogP contribution in [0, 0.1) is 0 Å². The lowest BCUT2D eigenvalue weighted by Crippen LogP contribution is -2.15. The van der Waals surface area contributed by atoms with Crippen LogP contribution in [0.25, 0.3) is 17.0 Å². The van der Waals surface area contributed by atoms with Gasteiger partial charge in [0, 0.05) is 23.5 Å². The number of amides is 1. The molecular formula is C14H12N2O4. The standard InChI is InChI=1S/C14H12N2O4/c15-12(17)3-1-2-8-4-5-9-11(6-8)16-7-10(13(9)18)14(19)20/h1-2,4-7H,3H2,(H2,15,17)(H,16,18)(H,19,20). The van der Waals surface area contributed by atoms with Gasteiger partial charge in [0.1, 0.15) is 5.56 Å². The average molecular weight is 272 g/mol. The Balaban J connectivity index is 2.44. The topological polar surface area (TPSA) is 113 Å². The molecule has 1 amide bonds. The van der Waals surface area contributed by atoms with E-state index in [0.717, 1.165) is 5.56 Å². The number of hydrogen-bond acceptors (Lipinski definition) is 3. The van der Waals surface area contributed by atoms with E-state index in [1.807, 2.05) is 0 Å². The number of carboxylic acids is 1. The molecule has 0 aliphatic heterocycles. The van der Waals surface area contributed by atoms with Crippen LogP contribution in [0.2, 0.25) is 0 Å². The minimum atomic E-state index is -1.27. The number of pyridine rings is 1. The Labute approximate surface area is 113 Å². The van der Waals surface area contributed by atoms with Gasteiger partial charge in [0.05, 0.1) is 0 Å². The van der Waals surface area contributed by atoms with Gasteiger partial charge < -0.3 is 15.8 Å². The lowest BCUT2D eigenvalue weighted by molar-refractivity contribution is -0.117. The fourth-order valence-corrected chi connectivity index (χ4v) is 1.81. The highest BCUT2D eigenvalue weighted by atomic mass is 16.4. The number of aromatic nitrogens is 1. The summed E-state index contributed by atoms with van der Waals surface area (Å²) in [6.45, 7) is 0. The molecule has 0 saturated carbocycles. The van der Waals surface area contributed by atoms with Crippen LogP contribution in [-0.2, 0) is 4.79 Å². The van der Waals surface area contributed by atoms with Crippen LogP contribution in [-0.4, -0.2) is 22.0 Å². The summed E-state index contributed by atoms with van der Waals surface area (Å²) < 4.78 is 0. The molecule has 0 saturated heterocycles. The van der Waals surface area contributed by atoms with Crippen LogP contribution in [0.4, 0.5) is 0 Å². The van der Waals surface area contributed by atoms with Crippen molar-refractivity contribution in [2.24, 2.45) is 5.73 Å². The number of fused-ring (bicyclic) bond motifs is 1. The van der Waals surface area contributed by atoms with Crippen molar-refractivity contribution in [2.75, 3.05) is 0 Å². The molecule has 0 bridgehead atoms. The molecule has 4 N–H and O–H groups in total. The normalized spacial score (nSPS) is 11.0. The first-order valence-corrected chi connectivity index (χ1v) is 5.82. The third-order valence-electron chi connectivity index (χ3n) is 2.76. The summed E-state index contributed by atoms with van der Waals surface area (Å²) in [5.74, 6) is -1.69. The fraction of sp³-hybridized carbons (Fsp3) is 0.0714. The molecular weight excluding hydrogens is 260 g/mol. The molecule has 0 fully saturated rings. The number of nitrogens with two attached hydrogens (primary N) is 1. The summed E-state index contributed by atoms with van der Waals surface area (Å²) >= 11 is 0. The minimum Gasteiger partial charge on any atom is -0.477 e. The predicted molar refractivity (Wildman–Crippen MR) is 74.4 cm³/mol. The number of rotatable bonds is 4. The molecule has 6 nitrogen and oxygen atoms in total. The van der Waals surface area contributed by atoms with Crippen LogP contribution in [0.15, 0.2) is 35.3 Å². The Morgan fingerprint density at radius 1 is 1.35 bits per heavy atom. The van der Waals surface area contributed by atoms with E-state index in [-0.39, 0.29) is 12.0 Å². The number of carboxylic acid groups (broad SMARTS) is 1. The maximum absolute atomic E-state index is 11.9. The van der Waals surface area contributed by atoms with Gasteiger partial charge in [-0.15, -0.1) is 0 Å². The summed E-state index contributed by atoms with van der Waals surface area (Å²) in [4.78, 5) is 36.2. The molecule has 1 aromatic heterocycles. The smallest absolute Gasteiger partial charge is 0.341 e. The molecule has 6 heteroatoms. The molecule has 102 valence electrons. The molecule has 0 aliphatic carbocycles. The maximum Gasteiger partial charge on any atom is 0.341 e. The first-order chi connectivity index (χ1) is 9.49. The van der Waals surface area contributed by atoms with Crippen molar-refractivity contribution in [2.45, 2.75) is 6.42 Å². The van der Waals surface area contributed by atoms with E-state index in [9.17, 15) is 14.4 Å². The van der Waals surface area contributed by atoms with Crippen molar-refractivity contribution >= 4 is 28.9 Å². The Morgan fingerprint density at radius 2 is 2.10 bits per heavy atom. The maximum atomic E-state index is 11.9. The van der Waals surface area contributed by atoms with E-state index in [2.05, 4.69) is 4.98 Å². The Hall–Kier alpha value is -2.89. The molecule has 2 rings (SSSR count). The quantitative estimate of drug-likeness (QED) is 0.773. The Bertz CT molecular complexity index is 774. The third-order valence-corrected chi connectivity index (χ3v) is 2.76. The molecule has 20 heavy (non-hydrogen) atoms. The third kappa shape index (κ3) is 2.74. The summed E-state index contributed by atoms with van der Waals surface area (Å²) in [5, 5.41) is 9.18. The average Bonchev–Trinajstić information content (AvgIpc) is 2.38. The number of aromatic carboxylic acids is 1. The second-order valence-corrected chi connectivity index (χ2v) is 4.21. The van der Waals surface area contributed by atoms with Crippen LogP contribution in [0.3, 0.4) is 0 Å². The molecule has 0 aliphatic rings. The number of aromatic amines is 1. The summed E-state index contributed by atoms with van der Waals surface area (Å²) in [6, 6.07) is 4.91. The molecule has 0 atom stereocenters. The van der Waals surface area contributed by atoms with Gasteiger partial charge in [-0.25, -0.2) is 4.79 Å². The van der Waals surface area contributed by atoms with Crippen molar-refractivity contribution in [3.8, 4) is 0 Å². The highest BCUT2D eigenvalue weighted by molar-refractivity contribution is 5.92. The molecule has 1 heterocycles. The van der Waals surface area contributed by atoms with E-state index in [1.54, 1.807) is 30.4 Å². The number of hydrogen-bond donors (Lipinski definition) is 3. The van der Waals surface area contributed by atoms with Gasteiger partial charge in [0.2, 0.25) is 11.3 Å². The van der Waals surface area contributed by atoms with E-state index in [0.29, 0.717) is 10.9 Å². The number of carbonyl (C=O) groups is 2. The molecule has 0 spiro atoms. The second kappa shape index (κ2) is 5.40. The second-order valence-electron chi connectivity index (χ2n) is 4.21. The molecule has 0 unspecified atom stereocenters. The van der Waals surface area contributed by atoms with Gasteiger partial charge in [-0.3, -0.25) is 9.59 Å². The van der Waals surface area contributed by atoms with Gasteiger partial charge in [-0.2, -0.15) is 0 Å². The van der Waals surface area contributed by atoms with E-state index < -0.39 is 17.3 Å². The van der Waals surface area contributed by atoms with E-state index >= 15 is 0 Å². The number of benzene rings is 1. The largest absolute Gasteiger partial charge is 0.477 e. The molecule has 0 radical (unpaired) electrons. The zero-order chi connectivity index (χ0) is 14.7. The van der Waals surface area contributed by atoms with Crippen LogP contribution in [0.1, 0.15) is 22.3 Å². The zero-order valence-corrected chi connectivity index (χ0v) is 10.4. The van der Waals surface area contributed by atoms with Gasteiger partial charge in [-0.05, 0) is 17.7 Å². The lowest BCUT2D eigenvalue weighted by Gasteiger charge is -2.01. The van der Waals surface area contributed by atoms with E-state index in [1.165, 1.54) is 6.20 Å². The van der Waals surface area contributed by atoms with Crippen LogP contribution in [0.5, 0.6) is 0 Å². The summed E-state index contributed by atoms with van der Waals surface area (Å²) in [6.07, 6.45) is 4.62. The highest BCUT2D eigenvalue weighted by Gasteiger charge is 2.11. The summed E-state index contributed by atoms with van der Waals surface area (Å²) in [7, 11) is 0. The Kier molecular flexibility index (Phi) is 3.65. The highest BCUT2D eigenvalue weighted by Crippen LogP contribution is 2.13. The number of nitrogens with one attached hydrogen (secondary N) is 1. The SMILES string of the molecule is NC(=O)CC=Cc1ccc2c(=O)c(C(=O)O)c[nH]c2c1. The first-order valence-electron chi connectivity index (χ1n) is 5.82. The lowest BCUT2D eigenvalue weighted by atomic mass is 10.1. The molecule has 1 aromatic carbocycles. The van der Waals surface area contributed by atoms with Crippen LogP contribution >= 0.6 is 0 Å².